The molecule has 1 heterocycles. The summed E-state index contributed by atoms with van der Waals surface area (Å²) in [4.78, 5) is 14.8. The molecule has 4 rings (SSSR count). The van der Waals surface area contributed by atoms with Crippen LogP contribution < -0.4 is 10.5 Å². The number of amides is 1. The number of likely N-dealkylation sites (tertiary alicyclic amines) is 1. The molecule has 1 saturated heterocycles. The third kappa shape index (κ3) is 5.43. The van der Waals surface area contributed by atoms with Crippen molar-refractivity contribution in [3.05, 3.63) is 77.9 Å². The van der Waals surface area contributed by atoms with Gasteiger partial charge >= 0.3 is 0 Å². The van der Waals surface area contributed by atoms with Gasteiger partial charge in [0.1, 0.15) is 6.04 Å². The Morgan fingerprint density at radius 2 is 1.64 bits per heavy atom. The van der Waals surface area contributed by atoms with Crippen molar-refractivity contribution in [1.82, 2.24) is 9.62 Å². The number of piperidine rings is 1. The van der Waals surface area contributed by atoms with Gasteiger partial charge in [-0.25, -0.2) is 8.42 Å². The summed E-state index contributed by atoms with van der Waals surface area (Å²) < 4.78 is 29.3. The number of fused-ring (bicyclic) bond motifs is 1. The SMILES string of the molecule is Cc1ccc(S(=O)(=O)NC(C(N)=O)C2CCN(CCc3ccccc3)CC2)c2ccccc12. The van der Waals surface area contributed by atoms with Crippen molar-refractivity contribution in [2.24, 2.45) is 11.7 Å². The van der Waals surface area contributed by atoms with E-state index >= 15 is 0 Å². The molecule has 33 heavy (non-hydrogen) atoms. The second-order valence-corrected chi connectivity index (χ2v) is 10.5. The van der Waals surface area contributed by atoms with Gasteiger partial charge in [-0.05, 0) is 67.8 Å². The average Bonchev–Trinajstić information content (AvgIpc) is 2.82. The van der Waals surface area contributed by atoms with E-state index < -0.39 is 22.0 Å². The molecule has 1 atom stereocenters. The van der Waals surface area contributed by atoms with E-state index in [2.05, 4.69) is 21.8 Å². The number of sulfonamides is 1. The van der Waals surface area contributed by atoms with Crippen molar-refractivity contribution >= 4 is 26.7 Å². The first kappa shape index (κ1) is 23.4. The first-order valence-electron chi connectivity index (χ1n) is 11.4. The van der Waals surface area contributed by atoms with Crippen molar-refractivity contribution in [2.45, 2.75) is 37.1 Å². The number of rotatable bonds is 8. The molecule has 174 valence electrons. The number of hydrogen-bond donors (Lipinski definition) is 2. The zero-order chi connectivity index (χ0) is 23.4. The lowest BCUT2D eigenvalue weighted by molar-refractivity contribution is -0.121. The number of nitrogens with zero attached hydrogens (tertiary/aromatic N) is 1. The summed E-state index contributed by atoms with van der Waals surface area (Å²) in [6.07, 6.45) is 2.41. The van der Waals surface area contributed by atoms with Crippen LogP contribution in [-0.4, -0.2) is 44.9 Å². The normalized spacial score (nSPS) is 16.6. The van der Waals surface area contributed by atoms with E-state index in [-0.39, 0.29) is 10.8 Å². The molecule has 1 unspecified atom stereocenters. The van der Waals surface area contributed by atoms with Crippen molar-refractivity contribution in [3.63, 3.8) is 0 Å². The van der Waals surface area contributed by atoms with Gasteiger partial charge in [-0.2, -0.15) is 4.72 Å². The standard InChI is InChI=1S/C26H31N3O3S/c1-19-11-12-24(23-10-6-5-9-22(19)23)33(31,32)28-25(26(27)30)21-14-17-29(18-15-21)16-13-20-7-3-2-4-8-20/h2-12,21,25,28H,13-18H2,1H3,(H2,27,30). The molecule has 0 aromatic heterocycles. The summed E-state index contributed by atoms with van der Waals surface area (Å²) >= 11 is 0. The molecule has 0 aliphatic carbocycles. The summed E-state index contributed by atoms with van der Waals surface area (Å²) in [5, 5.41) is 1.52. The number of primary amides is 1. The minimum atomic E-state index is -3.92. The van der Waals surface area contributed by atoms with Crippen LogP contribution in [0, 0.1) is 12.8 Å². The lowest BCUT2D eigenvalue weighted by atomic mass is 9.89. The minimum Gasteiger partial charge on any atom is -0.368 e. The molecule has 1 fully saturated rings. The van der Waals surface area contributed by atoms with E-state index in [0.717, 1.165) is 49.8 Å². The van der Waals surface area contributed by atoms with E-state index in [9.17, 15) is 13.2 Å². The molecule has 6 nitrogen and oxygen atoms in total. The van der Waals surface area contributed by atoms with Gasteiger partial charge in [0, 0.05) is 11.9 Å². The molecule has 1 aliphatic rings. The Morgan fingerprint density at radius 3 is 2.30 bits per heavy atom. The largest absolute Gasteiger partial charge is 0.368 e. The lowest BCUT2D eigenvalue weighted by Crippen LogP contribution is -2.52. The highest BCUT2D eigenvalue weighted by Crippen LogP contribution is 2.28. The van der Waals surface area contributed by atoms with Crippen LogP contribution in [0.25, 0.3) is 10.8 Å². The van der Waals surface area contributed by atoms with Gasteiger partial charge in [0.2, 0.25) is 15.9 Å². The van der Waals surface area contributed by atoms with Crippen molar-refractivity contribution in [2.75, 3.05) is 19.6 Å². The molecule has 0 bridgehead atoms. The van der Waals surface area contributed by atoms with Crippen LogP contribution in [0.1, 0.15) is 24.0 Å². The summed E-state index contributed by atoms with van der Waals surface area (Å²) in [5.41, 5.74) is 7.98. The molecule has 7 heteroatoms. The summed E-state index contributed by atoms with van der Waals surface area (Å²) in [6, 6.07) is 20.2. The molecule has 1 aliphatic heterocycles. The van der Waals surface area contributed by atoms with Crippen molar-refractivity contribution in [3.8, 4) is 0 Å². The van der Waals surface area contributed by atoms with Crippen LogP contribution in [0.5, 0.6) is 0 Å². The summed E-state index contributed by atoms with van der Waals surface area (Å²) in [6.45, 7) is 4.52. The number of carbonyl (C=O) groups excluding carboxylic acids is 1. The molecule has 3 aromatic carbocycles. The predicted octanol–water partition coefficient (Wildman–Crippen LogP) is 3.24. The van der Waals surface area contributed by atoms with Crippen LogP contribution in [-0.2, 0) is 21.2 Å². The zero-order valence-corrected chi connectivity index (χ0v) is 19.7. The monoisotopic (exact) mass is 465 g/mol. The maximum atomic E-state index is 13.3. The van der Waals surface area contributed by atoms with Crippen molar-refractivity contribution in [1.29, 1.82) is 0 Å². The number of nitrogens with two attached hydrogens (primary N) is 1. The summed E-state index contributed by atoms with van der Waals surface area (Å²) in [5.74, 6) is -0.750. The van der Waals surface area contributed by atoms with Gasteiger partial charge in [0.25, 0.3) is 0 Å². The predicted molar refractivity (Wildman–Crippen MR) is 131 cm³/mol. The van der Waals surface area contributed by atoms with E-state index in [1.165, 1.54) is 5.56 Å². The Morgan fingerprint density at radius 1 is 1.00 bits per heavy atom. The zero-order valence-electron chi connectivity index (χ0n) is 18.9. The lowest BCUT2D eigenvalue weighted by Gasteiger charge is -2.35. The van der Waals surface area contributed by atoms with E-state index in [0.29, 0.717) is 5.39 Å². The molecular weight excluding hydrogens is 434 g/mol. The highest BCUT2D eigenvalue weighted by atomic mass is 32.2. The Kier molecular flexibility index (Phi) is 7.12. The van der Waals surface area contributed by atoms with E-state index in [4.69, 9.17) is 5.73 Å². The van der Waals surface area contributed by atoms with Crippen LogP contribution >= 0.6 is 0 Å². The molecule has 1 amide bonds. The van der Waals surface area contributed by atoms with Gasteiger partial charge < -0.3 is 10.6 Å². The minimum absolute atomic E-state index is 0.123. The average molecular weight is 466 g/mol. The number of carbonyl (C=O) groups is 1. The Hall–Kier alpha value is -2.74. The van der Waals surface area contributed by atoms with E-state index in [1.807, 2.05) is 43.3 Å². The number of aryl methyl sites for hydroxylation is 1. The van der Waals surface area contributed by atoms with Gasteiger partial charge in [0.05, 0.1) is 4.90 Å². The highest BCUT2D eigenvalue weighted by molar-refractivity contribution is 7.89. The fourth-order valence-corrected chi connectivity index (χ4v) is 6.20. The molecule has 0 radical (unpaired) electrons. The number of nitrogens with one attached hydrogen (secondary N) is 1. The Bertz CT molecular complexity index is 1220. The summed E-state index contributed by atoms with van der Waals surface area (Å²) in [7, 11) is -3.92. The smallest absolute Gasteiger partial charge is 0.241 e. The maximum absolute atomic E-state index is 13.3. The fraction of sp³-hybridized carbons (Fsp3) is 0.346. The second-order valence-electron chi connectivity index (χ2n) is 8.84. The molecule has 0 spiro atoms. The van der Waals surface area contributed by atoms with Gasteiger partial charge in [-0.15, -0.1) is 0 Å². The first-order chi connectivity index (χ1) is 15.8. The number of hydrogen-bond acceptors (Lipinski definition) is 4. The maximum Gasteiger partial charge on any atom is 0.241 e. The van der Waals surface area contributed by atoms with Gasteiger partial charge in [-0.3, -0.25) is 4.79 Å². The second kappa shape index (κ2) is 10.0. The topological polar surface area (TPSA) is 92.5 Å². The molecule has 3 aromatic rings. The fourth-order valence-electron chi connectivity index (χ4n) is 4.72. The first-order valence-corrected chi connectivity index (χ1v) is 12.9. The molecule has 0 saturated carbocycles. The van der Waals surface area contributed by atoms with Crippen molar-refractivity contribution < 1.29 is 13.2 Å². The third-order valence-corrected chi connectivity index (χ3v) is 8.14. The molecule has 3 N–H and O–H groups in total. The highest BCUT2D eigenvalue weighted by Gasteiger charge is 2.34. The Balaban J connectivity index is 1.44. The number of benzene rings is 3. The van der Waals surface area contributed by atoms with E-state index in [1.54, 1.807) is 18.2 Å². The third-order valence-electron chi connectivity index (χ3n) is 6.64. The van der Waals surface area contributed by atoms with Crippen LogP contribution in [0.15, 0.2) is 71.6 Å². The van der Waals surface area contributed by atoms with Crippen LogP contribution in [0.4, 0.5) is 0 Å². The van der Waals surface area contributed by atoms with Gasteiger partial charge in [0.15, 0.2) is 0 Å². The van der Waals surface area contributed by atoms with Crippen LogP contribution in [0.2, 0.25) is 0 Å². The quantitative estimate of drug-likeness (QED) is 0.534. The Labute approximate surface area is 195 Å². The van der Waals surface area contributed by atoms with Gasteiger partial charge in [-0.1, -0.05) is 60.7 Å². The van der Waals surface area contributed by atoms with Crippen LogP contribution in [0.3, 0.4) is 0 Å². The molecular formula is C26H31N3O3S.